The highest BCUT2D eigenvalue weighted by molar-refractivity contribution is 5.89. The lowest BCUT2D eigenvalue weighted by Crippen LogP contribution is -2.76. The number of hydrogen-bond donors (Lipinski definition) is 0. The van der Waals surface area contributed by atoms with Crippen molar-refractivity contribution in [3.05, 3.63) is 47.0 Å². The van der Waals surface area contributed by atoms with Gasteiger partial charge in [-0.25, -0.2) is 4.79 Å². The van der Waals surface area contributed by atoms with Crippen LogP contribution >= 0.6 is 0 Å². The molecule has 3 fully saturated rings. The Morgan fingerprint density at radius 1 is 1.08 bits per heavy atom. The molecule has 8 atom stereocenters. The molecular formula is C31H42O5. The number of carbonyl (C=O) groups is 2. The van der Waals surface area contributed by atoms with Crippen LogP contribution in [0.4, 0.5) is 0 Å². The van der Waals surface area contributed by atoms with Crippen molar-refractivity contribution >= 4 is 11.9 Å². The average molecular weight is 495 g/mol. The van der Waals surface area contributed by atoms with Crippen molar-refractivity contribution in [1.82, 2.24) is 0 Å². The predicted octanol–water partition coefficient (Wildman–Crippen LogP) is 6.37. The highest BCUT2D eigenvalue weighted by atomic mass is 16.6. The van der Waals surface area contributed by atoms with Crippen LogP contribution in [0.3, 0.4) is 0 Å². The van der Waals surface area contributed by atoms with Crippen LogP contribution < -0.4 is 0 Å². The van der Waals surface area contributed by atoms with Crippen molar-refractivity contribution in [3.8, 4) is 0 Å². The second kappa shape index (κ2) is 8.72. The number of rotatable bonds is 3. The first-order valence-electron chi connectivity index (χ1n) is 13.7. The Hall–Kier alpha value is -2.14. The number of carbonyl (C=O) groups excluding carboxylic acids is 2. The van der Waals surface area contributed by atoms with Crippen molar-refractivity contribution in [2.45, 2.75) is 92.0 Å². The molecule has 1 aliphatic heterocycles. The van der Waals surface area contributed by atoms with Gasteiger partial charge in [-0.1, -0.05) is 64.0 Å². The van der Waals surface area contributed by atoms with Gasteiger partial charge in [0.15, 0.2) is 5.60 Å². The molecule has 3 aliphatic carbocycles. The lowest BCUT2D eigenvalue weighted by atomic mass is 9.44. The third kappa shape index (κ3) is 3.68. The standard InChI is InChI=1S/C31H42O5/c1-18-13-14-23-26(35-28(33)22-11-9-8-10-12-22)27-30(7,16-19(2)25(18)29(23,5)6)20(3)15-24-31(27,17-34-24)36-21(4)32/h8-12,19-20,23-24,26-27H,13-17H2,1-7H3/t19-,20?,23?,24?,26?,27?,30?,31?/m1/s1. The van der Waals surface area contributed by atoms with E-state index in [1.54, 1.807) is 0 Å². The van der Waals surface area contributed by atoms with E-state index in [1.165, 1.54) is 18.1 Å². The Bertz CT molecular complexity index is 1070. The van der Waals surface area contributed by atoms with Crippen molar-refractivity contribution in [3.63, 3.8) is 0 Å². The largest absolute Gasteiger partial charge is 0.458 e. The predicted molar refractivity (Wildman–Crippen MR) is 138 cm³/mol. The summed E-state index contributed by atoms with van der Waals surface area (Å²) in [7, 11) is 0. The lowest BCUT2D eigenvalue weighted by Gasteiger charge is -2.67. The van der Waals surface area contributed by atoms with Gasteiger partial charge in [0.25, 0.3) is 0 Å². The van der Waals surface area contributed by atoms with Gasteiger partial charge < -0.3 is 14.2 Å². The number of fused-ring (bicyclic) bond motifs is 5. The van der Waals surface area contributed by atoms with Gasteiger partial charge in [0.1, 0.15) is 12.2 Å². The molecule has 0 radical (unpaired) electrons. The maximum atomic E-state index is 13.6. The van der Waals surface area contributed by atoms with Gasteiger partial charge in [-0.05, 0) is 67.4 Å². The van der Waals surface area contributed by atoms with Gasteiger partial charge in [0, 0.05) is 18.8 Å². The number of hydrogen-bond acceptors (Lipinski definition) is 5. The van der Waals surface area contributed by atoms with E-state index in [0.29, 0.717) is 24.0 Å². The van der Waals surface area contributed by atoms with Gasteiger partial charge >= 0.3 is 11.9 Å². The zero-order valence-corrected chi connectivity index (χ0v) is 22.9. The zero-order valence-electron chi connectivity index (χ0n) is 22.9. The summed E-state index contributed by atoms with van der Waals surface area (Å²) in [4.78, 5) is 26.1. The third-order valence-corrected chi connectivity index (χ3v) is 10.4. The quantitative estimate of drug-likeness (QED) is 0.361. The first-order chi connectivity index (χ1) is 16.9. The molecular weight excluding hydrogens is 452 g/mol. The van der Waals surface area contributed by atoms with Crippen molar-refractivity contribution < 1.29 is 23.8 Å². The summed E-state index contributed by atoms with van der Waals surface area (Å²) >= 11 is 0. The van der Waals surface area contributed by atoms with Crippen molar-refractivity contribution in [2.24, 2.45) is 34.5 Å². The van der Waals surface area contributed by atoms with E-state index in [0.717, 1.165) is 25.7 Å². The van der Waals surface area contributed by atoms with E-state index in [4.69, 9.17) is 14.2 Å². The van der Waals surface area contributed by atoms with Crippen LogP contribution in [-0.2, 0) is 19.0 Å². The molecule has 0 amide bonds. The van der Waals surface area contributed by atoms with E-state index < -0.39 is 5.60 Å². The van der Waals surface area contributed by atoms with Gasteiger partial charge in [-0.3, -0.25) is 4.79 Å². The molecule has 2 saturated carbocycles. The van der Waals surface area contributed by atoms with E-state index in [2.05, 4.69) is 41.5 Å². The Balaban J connectivity index is 1.70. The topological polar surface area (TPSA) is 61.8 Å². The van der Waals surface area contributed by atoms with Crippen molar-refractivity contribution in [1.29, 1.82) is 0 Å². The summed E-state index contributed by atoms with van der Waals surface area (Å²) in [5.74, 6) is 0.122. The molecule has 1 aromatic rings. The lowest BCUT2D eigenvalue weighted by molar-refractivity contribution is -0.335. The van der Waals surface area contributed by atoms with E-state index in [9.17, 15) is 9.59 Å². The van der Waals surface area contributed by atoms with Crippen LogP contribution in [0.2, 0.25) is 0 Å². The first kappa shape index (κ1) is 25.5. The normalized spacial score (nSPS) is 41.1. The smallest absolute Gasteiger partial charge is 0.338 e. The van der Waals surface area contributed by atoms with Gasteiger partial charge in [0.05, 0.1) is 12.2 Å². The molecule has 0 spiro atoms. The van der Waals surface area contributed by atoms with Crippen LogP contribution in [0.1, 0.15) is 84.5 Å². The Kier molecular flexibility index (Phi) is 6.18. The number of benzene rings is 1. The second-order valence-electron chi connectivity index (χ2n) is 12.9. The monoisotopic (exact) mass is 494 g/mol. The number of allylic oxidation sites excluding steroid dienone is 2. The fourth-order valence-corrected chi connectivity index (χ4v) is 8.94. The zero-order chi connectivity index (χ0) is 26.0. The fraction of sp³-hybridized carbons (Fsp3) is 0.677. The molecule has 0 aromatic heterocycles. The van der Waals surface area contributed by atoms with E-state index in [1.807, 2.05) is 30.3 Å². The molecule has 5 rings (SSSR count). The minimum absolute atomic E-state index is 0.120. The summed E-state index contributed by atoms with van der Waals surface area (Å²) < 4.78 is 19.0. The second-order valence-corrected chi connectivity index (χ2v) is 12.9. The summed E-state index contributed by atoms with van der Waals surface area (Å²) in [5.41, 5.74) is 2.49. The minimum atomic E-state index is -0.766. The molecule has 196 valence electrons. The average Bonchev–Trinajstić information content (AvgIpc) is 2.79. The Morgan fingerprint density at radius 3 is 2.39 bits per heavy atom. The highest BCUT2D eigenvalue weighted by Gasteiger charge is 2.71. The Labute approximate surface area is 216 Å². The van der Waals surface area contributed by atoms with Crippen LogP contribution in [0.25, 0.3) is 0 Å². The van der Waals surface area contributed by atoms with Gasteiger partial charge in [0.2, 0.25) is 0 Å². The molecule has 1 aromatic carbocycles. The van der Waals surface area contributed by atoms with Crippen molar-refractivity contribution in [2.75, 3.05) is 6.61 Å². The van der Waals surface area contributed by atoms with Crippen LogP contribution in [0.15, 0.2) is 41.5 Å². The maximum absolute atomic E-state index is 13.6. The maximum Gasteiger partial charge on any atom is 0.338 e. The molecule has 0 N–H and O–H groups in total. The van der Waals surface area contributed by atoms with E-state index in [-0.39, 0.29) is 46.8 Å². The summed E-state index contributed by atoms with van der Waals surface area (Å²) in [6.07, 6.45) is 3.22. The molecule has 1 saturated heterocycles. The minimum Gasteiger partial charge on any atom is -0.458 e. The summed E-state index contributed by atoms with van der Waals surface area (Å²) in [5, 5.41) is 0. The Morgan fingerprint density at radius 2 is 1.78 bits per heavy atom. The molecule has 2 bridgehead atoms. The molecule has 5 nitrogen and oxygen atoms in total. The fourth-order valence-electron chi connectivity index (χ4n) is 8.94. The number of ether oxygens (including phenoxy) is 3. The summed E-state index contributed by atoms with van der Waals surface area (Å²) in [6.45, 7) is 15.8. The van der Waals surface area contributed by atoms with E-state index >= 15 is 0 Å². The molecule has 5 heteroatoms. The van der Waals surface area contributed by atoms with Crippen LogP contribution in [0.5, 0.6) is 0 Å². The summed E-state index contributed by atoms with van der Waals surface area (Å²) in [6, 6.07) is 9.27. The third-order valence-electron chi connectivity index (χ3n) is 10.4. The SMILES string of the molecule is CC(=O)OC12COC1CC(C)C1(C)C[C@@H](C)C3=C(C)CCC(C(OC(=O)c4ccccc4)C12)C3(C)C. The first-order valence-corrected chi connectivity index (χ1v) is 13.7. The van der Waals surface area contributed by atoms with Crippen LogP contribution in [0, 0.1) is 34.5 Å². The molecule has 1 heterocycles. The molecule has 7 unspecified atom stereocenters. The van der Waals surface area contributed by atoms with Gasteiger partial charge in [-0.2, -0.15) is 0 Å². The highest BCUT2D eigenvalue weighted by Crippen LogP contribution is 2.66. The molecule has 36 heavy (non-hydrogen) atoms. The molecule has 4 aliphatic rings. The van der Waals surface area contributed by atoms with Gasteiger partial charge in [-0.15, -0.1) is 0 Å². The van der Waals surface area contributed by atoms with Crippen LogP contribution in [-0.4, -0.2) is 36.4 Å². The number of esters is 2.